The Hall–Kier alpha value is -3.78. The predicted octanol–water partition coefficient (Wildman–Crippen LogP) is 4.64. The number of thioether (sulfide) groups is 1. The molecule has 3 aromatic rings. The van der Waals surface area contributed by atoms with Crippen molar-refractivity contribution in [3.05, 3.63) is 58.9 Å². The van der Waals surface area contributed by atoms with Gasteiger partial charge in [-0.2, -0.15) is 13.2 Å². The summed E-state index contributed by atoms with van der Waals surface area (Å²) in [6.07, 6.45) is -4.62. The van der Waals surface area contributed by atoms with Crippen LogP contribution >= 0.6 is 23.4 Å². The molecule has 0 radical (unpaired) electrons. The SMILES string of the molecule is C[C@H](c1nnc(S[C@H](C)C(=O)OCC(=O)Nc2cc(C(F)(F)F)ccc2Cl)n1C)N1C(=O)COc2ccccc21. The molecule has 0 saturated heterocycles. The average molecular weight is 598 g/mol. The molecule has 1 aromatic heterocycles. The van der Waals surface area contributed by atoms with Crippen LogP contribution in [0.2, 0.25) is 5.02 Å². The number of alkyl halides is 3. The number of amides is 2. The molecule has 1 aliphatic rings. The number of nitrogens with one attached hydrogen (secondary N) is 1. The Balaban J connectivity index is 1.36. The number of aromatic nitrogens is 3. The molecule has 2 heterocycles. The fourth-order valence-corrected chi connectivity index (χ4v) is 4.88. The number of esters is 1. The lowest BCUT2D eigenvalue weighted by Gasteiger charge is -2.33. The Bertz CT molecular complexity index is 1450. The molecule has 2 aromatic carbocycles. The van der Waals surface area contributed by atoms with Crippen LogP contribution in [-0.4, -0.2) is 51.0 Å². The van der Waals surface area contributed by atoms with Gasteiger partial charge in [-0.05, 0) is 44.2 Å². The van der Waals surface area contributed by atoms with Crippen LogP contribution < -0.4 is 15.0 Å². The number of rotatable bonds is 8. The van der Waals surface area contributed by atoms with Crippen molar-refractivity contribution in [2.24, 2.45) is 7.05 Å². The van der Waals surface area contributed by atoms with Gasteiger partial charge in [0.2, 0.25) is 0 Å². The van der Waals surface area contributed by atoms with Crippen molar-refractivity contribution in [2.45, 2.75) is 36.5 Å². The molecule has 10 nitrogen and oxygen atoms in total. The van der Waals surface area contributed by atoms with Crippen molar-refractivity contribution in [1.82, 2.24) is 14.8 Å². The van der Waals surface area contributed by atoms with Gasteiger partial charge in [0.25, 0.3) is 11.8 Å². The van der Waals surface area contributed by atoms with Gasteiger partial charge < -0.3 is 19.4 Å². The zero-order chi connectivity index (χ0) is 29.2. The average Bonchev–Trinajstić information content (AvgIpc) is 3.27. The Morgan fingerprint density at radius 1 is 1.20 bits per heavy atom. The summed E-state index contributed by atoms with van der Waals surface area (Å²) in [5.41, 5.74) is -0.652. The monoisotopic (exact) mass is 597 g/mol. The van der Waals surface area contributed by atoms with Gasteiger partial charge in [-0.1, -0.05) is 35.5 Å². The van der Waals surface area contributed by atoms with Gasteiger partial charge in [-0.3, -0.25) is 19.3 Å². The topological polar surface area (TPSA) is 116 Å². The second kappa shape index (κ2) is 11.8. The van der Waals surface area contributed by atoms with Crippen molar-refractivity contribution >= 4 is 52.5 Å². The van der Waals surface area contributed by atoms with Gasteiger partial charge in [-0.25, -0.2) is 0 Å². The third-order valence-electron chi connectivity index (χ3n) is 5.90. The maximum Gasteiger partial charge on any atom is 0.416 e. The van der Waals surface area contributed by atoms with E-state index in [1.54, 1.807) is 47.7 Å². The van der Waals surface area contributed by atoms with Crippen LogP contribution in [0.5, 0.6) is 5.75 Å². The summed E-state index contributed by atoms with van der Waals surface area (Å²) in [4.78, 5) is 39.0. The van der Waals surface area contributed by atoms with E-state index in [1.807, 2.05) is 0 Å². The second-order valence-corrected chi connectivity index (χ2v) is 10.4. The third kappa shape index (κ3) is 6.33. The van der Waals surface area contributed by atoms with E-state index in [4.69, 9.17) is 21.1 Å². The summed E-state index contributed by atoms with van der Waals surface area (Å²) in [7, 11) is 1.69. The largest absolute Gasteiger partial charge is 0.482 e. The molecule has 1 N–H and O–H groups in total. The number of fused-ring (bicyclic) bond motifs is 1. The number of ether oxygens (including phenoxy) is 2. The highest BCUT2D eigenvalue weighted by Crippen LogP contribution is 2.37. The number of carbonyl (C=O) groups excluding carboxylic acids is 3. The van der Waals surface area contributed by atoms with Crippen LogP contribution in [-0.2, 0) is 32.3 Å². The summed E-state index contributed by atoms with van der Waals surface area (Å²) in [6, 6.07) is 9.11. The van der Waals surface area contributed by atoms with E-state index in [-0.39, 0.29) is 23.2 Å². The number of hydrogen-bond donors (Lipinski definition) is 1. The van der Waals surface area contributed by atoms with Crippen molar-refractivity contribution in [3.8, 4) is 5.75 Å². The van der Waals surface area contributed by atoms with Gasteiger partial charge in [0.15, 0.2) is 24.2 Å². The van der Waals surface area contributed by atoms with E-state index in [9.17, 15) is 27.6 Å². The molecule has 2 atom stereocenters. The molecule has 2 amide bonds. The first kappa shape index (κ1) is 29.2. The fourth-order valence-electron chi connectivity index (χ4n) is 3.90. The molecule has 15 heteroatoms. The van der Waals surface area contributed by atoms with Gasteiger partial charge in [0, 0.05) is 7.05 Å². The van der Waals surface area contributed by atoms with Crippen molar-refractivity contribution in [2.75, 3.05) is 23.4 Å². The summed E-state index contributed by atoms with van der Waals surface area (Å²) in [5.74, 6) is -0.834. The number of para-hydroxylation sites is 2. The Kier molecular flexibility index (Phi) is 8.59. The van der Waals surface area contributed by atoms with Crippen LogP contribution in [0.4, 0.5) is 24.5 Å². The molecule has 0 unspecified atom stereocenters. The van der Waals surface area contributed by atoms with E-state index in [1.165, 1.54) is 6.92 Å². The summed E-state index contributed by atoms with van der Waals surface area (Å²) < 4.78 is 51.0. The first-order valence-corrected chi connectivity index (χ1v) is 13.1. The standard InChI is InChI=1S/C25H23ClF3N5O5S/c1-13(34-18-6-4-5-7-19(18)38-12-21(34)36)22-31-32-24(33(22)3)40-14(2)23(37)39-11-20(35)30-17-10-15(25(27,28)29)8-9-16(17)26/h4-10,13-14H,11-12H2,1-3H3,(H,30,35)/t13-,14-/m1/s1. The highest BCUT2D eigenvalue weighted by atomic mass is 35.5. The molecule has 0 bridgehead atoms. The van der Waals surface area contributed by atoms with Gasteiger partial charge in [0.1, 0.15) is 11.0 Å². The number of benzene rings is 2. The number of anilines is 2. The van der Waals surface area contributed by atoms with Crippen LogP contribution in [0.25, 0.3) is 0 Å². The van der Waals surface area contributed by atoms with Crippen molar-refractivity contribution < 1.29 is 37.0 Å². The minimum atomic E-state index is -4.62. The molecule has 0 fully saturated rings. The lowest BCUT2D eigenvalue weighted by Crippen LogP contribution is -2.41. The Morgan fingerprint density at radius 2 is 1.93 bits per heavy atom. The van der Waals surface area contributed by atoms with E-state index in [0.29, 0.717) is 28.5 Å². The summed E-state index contributed by atoms with van der Waals surface area (Å²) >= 11 is 6.90. The minimum absolute atomic E-state index is 0.105. The minimum Gasteiger partial charge on any atom is -0.482 e. The molecule has 0 spiro atoms. The lowest BCUT2D eigenvalue weighted by molar-refractivity contribution is -0.146. The fraction of sp³-hybridized carbons (Fsp3) is 0.320. The first-order chi connectivity index (χ1) is 18.9. The summed E-state index contributed by atoms with van der Waals surface area (Å²) in [5, 5.41) is 10.00. The lowest BCUT2D eigenvalue weighted by atomic mass is 10.1. The Labute approximate surface area is 235 Å². The zero-order valence-corrected chi connectivity index (χ0v) is 22.9. The summed E-state index contributed by atoms with van der Waals surface area (Å²) in [6.45, 7) is 2.48. The molecule has 1 aliphatic heterocycles. The smallest absolute Gasteiger partial charge is 0.416 e. The first-order valence-electron chi connectivity index (χ1n) is 11.8. The van der Waals surface area contributed by atoms with Gasteiger partial charge >= 0.3 is 12.1 Å². The predicted molar refractivity (Wildman–Crippen MR) is 140 cm³/mol. The molecule has 0 aliphatic carbocycles. The maximum absolute atomic E-state index is 12.9. The van der Waals surface area contributed by atoms with Gasteiger partial charge in [0.05, 0.1) is 28.0 Å². The normalized spacial score (nSPS) is 14.7. The van der Waals surface area contributed by atoms with Crippen LogP contribution in [0, 0.1) is 0 Å². The highest BCUT2D eigenvalue weighted by molar-refractivity contribution is 8.00. The highest BCUT2D eigenvalue weighted by Gasteiger charge is 2.33. The van der Waals surface area contributed by atoms with Crippen molar-refractivity contribution in [3.63, 3.8) is 0 Å². The van der Waals surface area contributed by atoms with E-state index in [2.05, 4.69) is 15.5 Å². The van der Waals surface area contributed by atoms with Gasteiger partial charge in [-0.15, -0.1) is 10.2 Å². The van der Waals surface area contributed by atoms with Crippen LogP contribution in [0.15, 0.2) is 47.6 Å². The maximum atomic E-state index is 12.9. The molecular weight excluding hydrogens is 575 g/mol. The van der Waals surface area contributed by atoms with E-state index in [0.717, 1.165) is 23.9 Å². The molecule has 0 saturated carbocycles. The number of carbonyl (C=O) groups is 3. The molecule has 4 rings (SSSR count). The number of halogens is 4. The molecule has 212 valence electrons. The number of hydrogen-bond acceptors (Lipinski definition) is 8. The quantitative estimate of drug-likeness (QED) is 0.295. The zero-order valence-electron chi connectivity index (χ0n) is 21.4. The van der Waals surface area contributed by atoms with Crippen LogP contribution in [0.1, 0.15) is 31.3 Å². The third-order valence-corrected chi connectivity index (χ3v) is 7.34. The van der Waals surface area contributed by atoms with E-state index < -0.39 is 41.5 Å². The Morgan fingerprint density at radius 3 is 2.65 bits per heavy atom. The van der Waals surface area contributed by atoms with E-state index >= 15 is 0 Å². The van der Waals surface area contributed by atoms with Crippen LogP contribution in [0.3, 0.4) is 0 Å². The molecular formula is C25H23ClF3N5O5S. The van der Waals surface area contributed by atoms with Crippen molar-refractivity contribution in [1.29, 1.82) is 0 Å². The number of nitrogens with zero attached hydrogens (tertiary/aromatic N) is 4. The molecule has 40 heavy (non-hydrogen) atoms. The second-order valence-electron chi connectivity index (χ2n) is 8.70.